The molecule has 1 aliphatic heterocycles. The highest BCUT2D eigenvalue weighted by atomic mass is 16.5. The van der Waals surface area contributed by atoms with E-state index in [0.29, 0.717) is 13.1 Å². The van der Waals surface area contributed by atoms with Crippen molar-refractivity contribution >= 4 is 11.5 Å². The van der Waals surface area contributed by atoms with E-state index in [1.807, 2.05) is 38.1 Å². The Bertz CT molecular complexity index is 539. The molecule has 21 heavy (non-hydrogen) atoms. The third kappa shape index (κ3) is 3.64. The van der Waals surface area contributed by atoms with Crippen LogP contribution < -0.4 is 4.74 Å². The zero-order valence-corrected chi connectivity index (χ0v) is 12.9. The van der Waals surface area contributed by atoms with Crippen LogP contribution in [0.2, 0.25) is 0 Å². The molecule has 1 amide bonds. The zero-order chi connectivity index (χ0) is 15.4. The summed E-state index contributed by atoms with van der Waals surface area (Å²) in [5.74, 6) is 0.962. The van der Waals surface area contributed by atoms with E-state index < -0.39 is 6.10 Å². The fraction of sp³-hybridized carbons (Fsp3) is 0.471. The second kappa shape index (κ2) is 6.76. The Balaban J connectivity index is 2.13. The van der Waals surface area contributed by atoms with Gasteiger partial charge in [0.1, 0.15) is 5.75 Å². The monoisotopic (exact) mass is 289 g/mol. The molecule has 1 fully saturated rings. The van der Waals surface area contributed by atoms with Crippen molar-refractivity contribution < 1.29 is 14.6 Å². The van der Waals surface area contributed by atoms with Gasteiger partial charge in [-0.25, -0.2) is 0 Å². The van der Waals surface area contributed by atoms with Gasteiger partial charge in [-0.05, 0) is 30.9 Å². The molecule has 1 N–H and O–H groups in total. The molecule has 0 radical (unpaired) electrons. The van der Waals surface area contributed by atoms with Gasteiger partial charge >= 0.3 is 0 Å². The summed E-state index contributed by atoms with van der Waals surface area (Å²) < 4.78 is 5.32. The van der Waals surface area contributed by atoms with Crippen LogP contribution in [0.1, 0.15) is 25.8 Å². The lowest BCUT2D eigenvalue weighted by atomic mass is 9.96. The van der Waals surface area contributed by atoms with Gasteiger partial charge in [0, 0.05) is 24.7 Å². The molecule has 0 spiro atoms. The van der Waals surface area contributed by atoms with E-state index in [0.717, 1.165) is 23.3 Å². The number of aliphatic hydroxyl groups is 1. The van der Waals surface area contributed by atoms with Crippen molar-refractivity contribution in [2.75, 3.05) is 20.2 Å². The van der Waals surface area contributed by atoms with Crippen LogP contribution in [-0.2, 0) is 4.79 Å². The number of carbonyl (C=O) groups is 1. The van der Waals surface area contributed by atoms with Crippen LogP contribution in [0.5, 0.6) is 5.75 Å². The van der Waals surface area contributed by atoms with Crippen LogP contribution in [0.3, 0.4) is 0 Å². The molecule has 0 bridgehead atoms. The summed E-state index contributed by atoms with van der Waals surface area (Å²) in [4.78, 5) is 14.0. The van der Waals surface area contributed by atoms with Gasteiger partial charge in [-0.1, -0.05) is 25.1 Å². The summed E-state index contributed by atoms with van der Waals surface area (Å²) in [6.07, 6.45) is 2.04. The van der Waals surface area contributed by atoms with Gasteiger partial charge in [-0.2, -0.15) is 0 Å². The molecular formula is C17H23NO3. The molecule has 1 saturated heterocycles. The molecule has 4 heteroatoms. The quantitative estimate of drug-likeness (QED) is 0.869. The van der Waals surface area contributed by atoms with Crippen molar-refractivity contribution in [3.8, 4) is 5.75 Å². The van der Waals surface area contributed by atoms with Gasteiger partial charge in [-0.15, -0.1) is 0 Å². The van der Waals surface area contributed by atoms with E-state index in [2.05, 4.69) is 0 Å². The Morgan fingerprint density at radius 1 is 1.43 bits per heavy atom. The first-order valence-electron chi connectivity index (χ1n) is 7.31. The number of β-amino-alcohol motifs (C(OH)–C–C–N with tert-alkyl or cyclic N) is 1. The highest BCUT2D eigenvalue weighted by Crippen LogP contribution is 2.25. The summed E-state index contributed by atoms with van der Waals surface area (Å²) in [5, 5.41) is 9.90. The second-order valence-electron chi connectivity index (χ2n) is 5.65. The number of hydrogen-bond acceptors (Lipinski definition) is 3. The summed E-state index contributed by atoms with van der Waals surface area (Å²) >= 11 is 0. The minimum atomic E-state index is -0.428. The normalized spacial score (nSPS) is 23.0. The lowest BCUT2D eigenvalue weighted by Crippen LogP contribution is -2.45. The Morgan fingerprint density at radius 3 is 2.81 bits per heavy atom. The smallest absolute Gasteiger partial charge is 0.246 e. The van der Waals surface area contributed by atoms with Crippen LogP contribution in [-0.4, -0.2) is 42.2 Å². The zero-order valence-electron chi connectivity index (χ0n) is 12.9. The highest BCUT2D eigenvalue weighted by Gasteiger charge is 2.26. The maximum atomic E-state index is 12.3. The van der Waals surface area contributed by atoms with Crippen LogP contribution in [0.4, 0.5) is 0 Å². The SMILES string of the molecule is COc1ccccc1/C(C)=C/C(=O)N1CCC(C)C(O)C1. The van der Waals surface area contributed by atoms with Gasteiger partial charge < -0.3 is 14.7 Å². The van der Waals surface area contributed by atoms with Crippen molar-refractivity contribution in [2.24, 2.45) is 5.92 Å². The van der Waals surface area contributed by atoms with Crippen molar-refractivity contribution in [1.29, 1.82) is 0 Å². The van der Waals surface area contributed by atoms with Gasteiger partial charge in [0.05, 0.1) is 13.2 Å². The summed E-state index contributed by atoms with van der Waals surface area (Å²) in [6.45, 7) is 5.03. The lowest BCUT2D eigenvalue weighted by Gasteiger charge is -2.33. The summed E-state index contributed by atoms with van der Waals surface area (Å²) in [6, 6.07) is 7.64. The molecule has 0 aromatic heterocycles. The molecule has 0 saturated carbocycles. The van der Waals surface area contributed by atoms with Gasteiger partial charge in [-0.3, -0.25) is 4.79 Å². The van der Waals surface area contributed by atoms with Gasteiger partial charge in [0.2, 0.25) is 5.91 Å². The molecule has 1 aliphatic rings. The van der Waals surface area contributed by atoms with E-state index in [-0.39, 0.29) is 11.8 Å². The predicted octanol–water partition coefficient (Wildman–Crippen LogP) is 2.33. The number of hydrogen-bond donors (Lipinski definition) is 1. The van der Waals surface area contributed by atoms with Crippen LogP contribution >= 0.6 is 0 Å². The number of carbonyl (C=O) groups excluding carboxylic acids is 1. The molecule has 2 rings (SSSR count). The Kier molecular flexibility index (Phi) is 5.02. The number of rotatable bonds is 3. The molecular weight excluding hydrogens is 266 g/mol. The number of allylic oxidation sites excluding steroid dienone is 1. The Hall–Kier alpha value is -1.81. The number of aliphatic hydroxyl groups excluding tert-OH is 1. The lowest BCUT2D eigenvalue weighted by molar-refractivity contribution is -0.130. The first kappa shape index (κ1) is 15.6. The molecule has 1 heterocycles. The average molecular weight is 289 g/mol. The standard InChI is InChI=1S/C17H23NO3/c1-12-8-9-18(11-15(12)19)17(20)10-13(2)14-6-4-5-7-16(14)21-3/h4-7,10,12,15,19H,8-9,11H2,1-3H3/b13-10+. The number of benzene rings is 1. The van der Waals surface area contributed by atoms with E-state index >= 15 is 0 Å². The maximum Gasteiger partial charge on any atom is 0.246 e. The topological polar surface area (TPSA) is 49.8 Å². The number of amides is 1. The number of para-hydroxylation sites is 1. The van der Waals surface area contributed by atoms with Gasteiger partial charge in [0.25, 0.3) is 0 Å². The van der Waals surface area contributed by atoms with Crippen LogP contribution in [0, 0.1) is 5.92 Å². The van der Waals surface area contributed by atoms with Crippen molar-refractivity contribution in [3.63, 3.8) is 0 Å². The summed E-state index contributed by atoms with van der Waals surface area (Å²) in [5.41, 5.74) is 1.78. The fourth-order valence-corrected chi connectivity index (χ4v) is 2.57. The number of ether oxygens (including phenoxy) is 1. The molecule has 2 atom stereocenters. The van der Waals surface area contributed by atoms with E-state index in [1.165, 1.54) is 0 Å². The molecule has 1 aromatic carbocycles. The Labute approximate surface area is 126 Å². The number of likely N-dealkylation sites (tertiary alicyclic amines) is 1. The molecule has 2 unspecified atom stereocenters. The van der Waals surface area contributed by atoms with E-state index in [4.69, 9.17) is 4.74 Å². The van der Waals surface area contributed by atoms with Gasteiger partial charge in [0.15, 0.2) is 0 Å². The predicted molar refractivity (Wildman–Crippen MR) is 83.0 cm³/mol. The number of nitrogens with zero attached hydrogens (tertiary/aromatic N) is 1. The average Bonchev–Trinajstić information content (AvgIpc) is 2.49. The minimum absolute atomic E-state index is 0.0515. The molecule has 0 aliphatic carbocycles. The number of methoxy groups -OCH3 is 1. The Morgan fingerprint density at radius 2 is 2.14 bits per heavy atom. The molecule has 1 aromatic rings. The van der Waals surface area contributed by atoms with E-state index in [1.54, 1.807) is 18.1 Å². The number of piperidine rings is 1. The van der Waals surface area contributed by atoms with E-state index in [9.17, 15) is 9.90 Å². The maximum absolute atomic E-state index is 12.3. The second-order valence-corrected chi connectivity index (χ2v) is 5.65. The molecule has 114 valence electrons. The van der Waals surface area contributed by atoms with Crippen molar-refractivity contribution in [3.05, 3.63) is 35.9 Å². The third-order valence-corrected chi connectivity index (χ3v) is 4.10. The van der Waals surface area contributed by atoms with Crippen molar-refractivity contribution in [2.45, 2.75) is 26.4 Å². The van der Waals surface area contributed by atoms with Crippen LogP contribution in [0.15, 0.2) is 30.3 Å². The van der Waals surface area contributed by atoms with Crippen LogP contribution in [0.25, 0.3) is 5.57 Å². The molecule has 4 nitrogen and oxygen atoms in total. The van der Waals surface area contributed by atoms with Crippen molar-refractivity contribution in [1.82, 2.24) is 4.90 Å². The third-order valence-electron chi connectivity index (χ3n) is 4.10. The summed E-state index contributed by atoms with van der Waals surface area (Å²) in [7, 11) is 1.62. The largest absolute Gasteiger partial charge is 0.496 e. The first-order chi connectivity index (χ1) is 10.0. The minimum Gasteiger partial charge on any atom is -0.496 e. The fourth-order valence-electron chi connectivity index (χ4n) is 2.57. The first-order valence-corrected chi connectivity index (χ1v) is 7.31. The highest BCUT2D eigenvalue weighted by molar-refractivity contribution is 5.95.